The lowest BCUT2D eigenvalue weighted by molar-refractivity contribution is 0.102. The average molecular weight is 330 g/mol. The van der Waals surface area contributed by atoms with Crippen molar-refractivity contribution in [3.63, 3.8) is 0 Å². The number of nitrogens with zero attached hydrogens (tertiary/aromatic N) is 3. The Morgan fingerprint density at radius 3 is 2.76 bits per heavy atom. The van der Waals surface area contributed by atoms with Crippen molar-refractivity contribution in [1.29, 1.82) is 0 Å². The number of hydrogen-bond donors (Lipinski definition) is 1. The predicted molar refractivity (Wildman–Crippen MR) is 98.2 cm³/mol. The molecule has 0 aliphatic carbocycles. The van der Waals surface area contributed by atoms with E-state index >= 15 is 0 Å². The van der Waals surface area contributed by atoms with Gasteiger partial charge < -0.3 is 10.2 Å². The lowest BCUT2D eigenvalue weighted by atomic mass is 10.1. The second-order valence-electron chi connectivity index (χ2n) is 6.12. The van der Waals surface area contributed by atoms with Crippen LogP contribution < -0.4 is 10.2 Å². The van der Waals surface area contributed by atoms with Gasteiger partial charge in [-0.2, -0.15) is 0 Å². The van der Waals surface area contributed by atoms with Crippen LogP contribution in [0.5, 0.6) is 0 Å². The molecule has 1 amide bonds. The summed E-state index contributed by atoms with van der Waals surface area (Å²) >= 11 is 0. The Balaban J connectivity index is 1.63. The maximum absolute atomic E-state index is 12.5. The van der Waals surface area contributed by atoms with Gasteiger partial charge in [-0.05, 0) is 49.2 Å². The summed E-state index contributed by atoms with van der Waals surface area (Å²) in [5.41, 5.74) is 3.03. The van der Waals surface area contributed by atoms with E-state index < -0.39 is 0 Å². The number of amides is 1. The first kappa shape index (κ1) is 15.3. The maximum Gasteiger partial charge on any atom is 0.257 e. The maximum atomic E-state index is 12.5. The molecule has 0 spiro atoms. The molecule has 0 bridgehead atoms. The fraction of sp³-hybridized carbons (Fsp3) is 0.150. The summed E-state index contributed by atoms with van der Waals surface area (Å²) in [6, 6.07) is 17.6. The van der Waals surface area contributed by atoms with Crippen LogP contribution >= 0.6 is 0 Å². The number of pyridine rings is 2. The molecule has 0 radical (unpaired) electrons. The molecule has 0 saturated heterocycles. The summed E-state index contributed by atoms with van der Waals surface area (Å²) in [5.74, 6) is 1.12. The van der Waals surface area contributed by atoms with Gasteiger partial charge >= 0.3 is 0 Å². The zero-order valence-electron chi connectivity index (χ0n) is 13.9. The van der Waals surface area contributed by atoms with Gasteiger partial charge in [0.1, 0.15) is 11.6 Å². The van der Waals surface area contributed by atoms with Crippen molar-refractivity contribution in [2.45, 2.75) is 19.4 Å². The molecular formula is C20H18N4O. The lowest BCUT2D eigenvalue weighted by Crippen LogP contribution is -2.25. The molecule has 3 heterocycles. The van der Waals surface area contributed by atoms with E-state index in [0.717, 1.165) is 17.9 Å². The van der Waals surface area contributed by atoms with Crippen LogP contribution in [0, 0.1) is 0 Å². The highest BCUT2D eigenvalue weighted by Gasteiger charge is 2.28. The molecule has 1 aliphatic rings. The molecule has 1 aliphatic heterocycles. The minimum Gasteiger partial charge on any atom is -0.323 e. The number of benzene rings is 1. The Hall–Kier alpha value is -3.21. The molecule has 124 valence electrons. The summed E-state index contributed by atoms with van der Waals surface area (Å²) in [7, 11) is 0. The van der Waals surface area contributed by atoms with Crippen LogP contribution in [-0.4, -0.2) is 21.9 Å². The first-order chi connectivity index (χ1) is 12.2. The van der Waals surface area contributed by atoms with E-state index in [9.17, 15) is 4.79 Å². The Bertz CT molecular complexity index is 910. The molecule has 1 aromatic carbocycles. The monoisotopic (exact) mass is 330 g/mol. The number of carbonyl (C=O) groups excluding carboxylic acids is 1. The van der Waals surface area contributed by atoms with Crippen LogP contribution in [0.4, 0.5) is 17.3 Å². The first-order valence-corrected chi connectivity index (χ1v) is 8.28. The second-order valence-corrected chi connectivity index (χ2v) is 6.12. The Kier molecular flexibility index (Phi) is 3.90. The topological polar surface area (TPSA) is 58.1 Å². The molecule has 0 saturated carbocycles. The predicted octanol–water partition coefficient (Wildman–Crippen LogP) is 3.81. The molecular weight excluding hydrogens is 312 g/mol. The Morgan fingerprint density at radius 1 is 1.08 bits per heavy atom. The molecule has 5 heteroatoms. The van der Waals surface area contributed by atoms with E-state index in [1.807, 2.05) is 24.3 Å². The Labute approximate surface area is 146 Å². The van der Waals surface area contributed by atoms with Gasteiger partial charge in [0, 0.05) is 29.7 Å². The van der Waals surface area contributed by atoms with E-state index in [4.69, 9.17) is 0 Å². The van der Waals surface area contributed by atoms with Crippen molar-refractivity contribution in [1.82, 2.24) is 9.97 Å². The standard InChI is InChI=1S/C20H18N4O/c1-14-12-15-6-2-3-7-17(15)24(14)19-13-16(9-11-22-19)20(25)23-18-8-4-5-10-21-18/h2-11,13-14H,12H2,1H3,(H,21,23,25). The highest BCUT2D eigenvalue weighted by molar-refractivity contribution is 6.04. The molecule has 1 N–H and O–H groups in total. The SMILES string of the molecule is CC1Cc2ccccc2N1c1cc(C(=O)Nc2ccccn2)ccn1. The summed E-state index contributed by atoms with van der Waals surface area (Å²) in [6.45, 7) is 2.17. The van der Waals surface area contributed by atoms with Crippen LogP contribution in [-0.2, 0) is 6.42 Å². The van der Waals surface area contributed by atoms with E-state index in [0.29, 0.717) is 17.4 Å². The average Bonchev–Trinajstić information content (AvgIpc) is 2.98. The molecule has 0 fully saturated rings. The van der Waals surface area contributed by atoms with Crippen LogP contribution in [0.15, 0.2) is 67.0 Å². The number of nitrogens with one attached hydrogen (secondary N) is 1. The van der Waals surface area contributed by atoms with Gasteiger partial charge in [-0.1, -0.05) is 24.3 Å². The molecule has 1 atom stereocenters. The lowest BCUT2D eigenvalue weighted by Gasteiger charge is -2.24. The summed E-state index contributed by atoms with van der Waals surface area (Å²) in [4.78, 5) is 23.3. The van der Waals surface area contributed by atoms with Crippen molar-refractivity contribution >= 4 is 23.2 Å². The van der Waals surface area contributed by atoms with Crippen LogP contribution in [0.2, 0.25) is 0 Å². The fourth-order valence-corrected chi connectivity index (χ4v) is 3.23. The Morgan fingerprint density at radius 2 is 1.92 bits per heavy atom. The van der Waals surface area contributed by atoms with Crippen molar-refractivity contribution < 1.29 is 4.79 Å². The van der Waals surface area contributed by atoms with E-state index in [-0.39, 0.29) is 5.91 Å². The van der Waals surface area contributed by atoms with E-state index in [1.165, 1.54) is 5.56 Å². The third-order valence-corrected chi connectivity index (χ3v) is 4.37. The first-order valence-electron chi connectivity index (χ1n) is 8.28. The van der Waals surface area contributed by atoms with Gasteiger partial charge in [0.15, 0.2) is 0 Å². The van der Waals surface area contributed by atoms with Gasteiger partial charge in [-0.3, -0.25) is 4.79 Å². The zero-order valence-corrected chi connectivity index (χ0v) is 13.9. The van der Waals surface area contributed by atoms with Gasteiger partial charge in [0.2, 0.25) is 0 Å². The minimum absolute atomic E-state index is 0.192. The highest BCUT2D eigenvalue weighted by atomic mass is 16.1. The number of aromatic nitrogens is 2. The number of carbonyl (C=O) groups is 1. The summed E-state index contributed by atoms with van der Waals surface area (Å²) in [5, 5.41) is 2.81. The zero-order chi connectivity index (χ0) is 17.2. The fourth-order valence-electron chi connectivity index (χ4n) is 3.23. The van der Waals surface area contributed by atoms with Crippen molar-refractivity contribution in [3.8, 4) is 0 Å². The van der Waals surface area contributed by atoms with Gasteiger partial charge in [0.05, 0.1) is 0 Å². The summed E-state index contributed by atoms with van der Waals surface area (Å²) < 4.78 is 0. The molecule has 5 nitrogen and oxygen atoms in total. The number of para-hydroxylation sites is 1. The quantitative estimate of drug-likeness (QED) is 0.793. The largest absolute Gasteiger partial charge is 0.323 e. The normalized spacial score (nSPS) is 15.7. The minimum atomic E-state index is -0.192. The highest BCUT2D eigenvalue weighted by Crippen LogP contribution is 2.37. The van der Waals surface area contributed by atoms with Crippen molar-refractivity contribution in [3.05, 3.63) is 78.1 Å². The number of fused-ring (bicyclic) bond motifs is 1. The van der Waals surface area contributed by atoms with E-state index in [2.05, 4.69) is 45.3 Å². The number of rotatable bonds is 3. The smallest absolute Gasteiger partial charge is 0.257 e. The van der Waals surface area contributed by atoms with Crippen LogP contribution in [0.25, 0.3) is 0 Å². The number of hydrogen-bond acceptors (Lipinski definition) is 4. The van der Waals surface area contributed by atoms with Gasteiger partial charge in [-0.25, -0.2) is 9.97 Å². The molecule has 3 aromatic rings. The number of anilines is 3. The van der Waals surface area contributed by atoms with Gasteiger partial charge in [-0.15, -0.1) is 0 Å². The van der Waals surface area contributed by atoms with Crippen molar-refractivity contribution in [2.75, 3.05) is 10.2 Å². The third-order valence-electron chi connectivity index (χ3n) is 4.37. The molecule has 2 aromatic heterocycles. The van der Waals surface area contributed by atoms with E-state index in [1.54, 1.807) is 24.5 Å². The molecule has 1 unspecified atom stereocenters. The summed E-state index contributed by atoms with van der Waals surface area (Å²) in [6.07, 6.45) is 4.30. The third kappa shape index (κ3) is 2.96. The van der Waals surface area contributed by atoms with Crippen molar-refractivity contribution in [2.24, 2.45) is 0 Å². The second kappa shape index (κ2) is 6.36. The molecule has 4 rings (SSSR count). The van der Waals surface area contributed by atoms with Crippen LogP contribution in [0.3, 0.4) is 0 Å². The van der Waals surface area contributed by atoms with Crippen LogP contribution in [0.1, 0.15) is 22.8 Å². The molecule has 25 heavy (non-hydrogen) atoms. The van der Waals surface area contributed by atoms with Gasteiger partial charge in [0.25, 0.3) is 5.91 Å².